The van der Waals surface area contributed by atoms with E-state index in [-0.39, 0.29) is 0 Å². The van der Waals surface area contributed by atoms with Crippen LogP contribution in [0, 0.1) is 0 Å². The lowest BCUT2D eigenvalue weighted by Crippen LogP contribution is -1.81. The molecular formula is C30H17N3. The zero-order valence-corrected chi connectivity index (χ0v) is 17.6. The number of aromatic amines is 2. The summed E-state index contributed by atoms with van der Waals surface area (Å²) < 4.78 is 2.48. The van der Waals surface area contributed by atoms with Crippen LogP contribution in [-0.4, -0.2) is 14.4 Å². The van der Waals surface area contributed by atoms with Gasteiger partial charge in [-0.3, -0.25) is 0 Å². The van der Waals surface area contributed by atoms with E-state index in [4.69, 9.17) is 0 Å². The summed E-state index contributed by atoms with van der Waals surface area (Å²) in [5.41, 5.74) is 8.62. The molecular weight excluding hydrogens is 402 g/mol. The van der Waals surface area contributed by atoms with Gasteiger partial charge in [-0.2, -0.15) is 0 Å². The normalized spacial score (nSPS) is 12.8. The van der Waals surface area contributed by atoms with Crippen LogP contribution < -0.4 is 0 Å². The third-order valence-electron chi connectivity index (χ3n) is 7.57. The molecule has 33 heavy (non-hydrogen) atoms. The Labute approximate surface area is 187 Å². The van der Waals surface area contributed by atoms with Crippen LogP contribution in [0.2, 0.25) is 0 Å². The van der Waals surface area contributed by atoms with E-state index >= 15 is 0 Å². The van der Waals surface area contributed by atoms with Gasteiger partial charge in [-0.15, -0.1) is 0 Å². The number of fused-ring (bicyclic) bond motifs is 12. The number of para-hydroxylation sites is 3. The summed E-state index contributed by atoms with van der Waals surface area (Å²) in [6, 6.07) is 33.3. The van der Waals surface area contributed by atoms with Gasteiger partial charge in [-0.05, 0) is 36.4 Å². The summed E-state index contributed by atoms with van der Waals surface area (Å²) in [5.74, 6) is 0. The summed E-state index contributed by atoms with van der Waals surface area (Å²) in [7, 11) is 0. The van der Waals surface area contributed by atoms with Crippen LogP contribution in [0.25, 0.3) is 81.7 Å². The average molecular weight is 419 g/mol. The third-order valence-corrected chi connectivity index (χ3v) is 7.57. The fraction of sp³-hybridized carbons (Fsp3) is 0. The van der Waals surface area contributed by atoms with Crippen molar-refractivity contribution in [1.29, 1.82) is 0 Å². The van der Waals surface area contributed by atoms with Crippen molar-refractivity contribution in [2.45, 2.75) is 0 Å². The predicted molar refractivity (Wildman–Crippen MR) is 140 cm³/mol. The van der Waals surface area contributed by atoms with Gasteiger partial charge in [0, 0.05) is 65.2 Å². The lowest BCUT2D eigenvalue weighted by Gasteiger charge is -2.00. The summed E-state index contributed by atoms with van der Waals surface area (Å²) in [5, 5.41) is 10.3. The van der Waals surface area contributed by atoms with Crippen LogP contribution in [0.1, 0.15) is 0 Å². The topological polar surface area (TPSA) is 36.0 Å². The smallest absolute Gasteiger partial charge is 0.0620 e. The first-order valence-corrected chi connectivity index (χ1v) is 11.4. The molecule has 0 fully saturated rings. The van der Waals surface area contributed by atoms with Crippen LogP contribution >= 0.6 is 0 Å². The van der Waals surface area contributed by atoms with Crippen LogP contribution in [0.4, 0.5) is 0 Å². The number of benzene rings is 5. The molecule has 0 aliphatic carbocycles. The van der Waals surface area contributed by atoms with Gasteiger partial charge in [0.2, 0.25) is 0 Å². The molecule has 2 N–H and O–H groups in total. The van der Waals surface area contributed by atoms with Crippen molar-refractivity contribution < 1.29 is 0 Å². The molecule has 0 bridgehead atoms. The average Bonchev–Trinajstić information content (AvgIpc) is 3.57. The monoisotopic (exact) mass is 419 g/mol. The zero-order chi connectivity index (χ0) is 21.3. The van der Waals surface area contributed by atoms with Crippen molar-refractivity contribution >= 4 is 81.7 Å². The maximum absolute atomic E-state index is 3.62. The number of H-pyrrole nitrogens is 2. The molecule has 9 aromatic rings. The van der Waals surface area contributed by atoms with Gasteiger partial charge in [0.25, 0.3) is 0 Å². The van der Waals surface area contributed by atoms with Gasteiger partial charge < -0.3 is 14.4 Å². The molecule has 0 amide bonds. The summed E-state index contributed by atoms with van der Waals surface area (Å²) in [4.78, 5) is 7.25. The molecule has 152 valence electrons. The van der Waals surface area contributed by atoms with Crippen molar-refractivity contribution in [3.05, 3.63) is 91.0 Å². The largest absolute Gasteiger partial charge is 0.354 e. The Morgan fingerprint density at radius 1 is 0.394 bits per heavy atom. The number of hydrogen-bond acceptors (Lipinski definition) is 0. The molecule has 3 heteroatoms. The number of nitrogens with zero attached hydrogens (tertiary/aromatic N) is 1. The highest BCUT2D eigenvalue weighted by Gasteiger charge is 2.19. The minimum absolute atomic E-state index is 1.19. The van der Waals surface area contributed by atoms with E-state index in [9.17, 15) is 0 Å². The molecule has 9 rings (SSSR count). The first kappa shape index (κ1) is 16.2. The number of nitrogens with one attached hydrogen (secondary N) is 2. The number of rotatable bonds is 0. The Kier molecular flexibility index (Phi) is 2.59. The molecule has 0 atom stereocenters. The van der Waals surface area contributed by atoms with Crippen LogP contribution in [0.3, 0.4) is 0 Å². The fourth-order valence-corrected chi connectivity index (χ4v) is 6.16. The molecule has 0 spiro atoms. The van der Waals surface area contributed by atoms with E-state index in [2.05, 4.69) is 105 Å². The van der Waals surface area contributed by atoms with Gasteiger partial charge in [0.05, 0.1) is 16.6 Å². The third kappa shape index (κ3) is 1.81. The highest BCUT2D eigenvalue weighted by molar-refractivity contribution is 6.27. The van der Waals surface area contributed by atoms with Gasteiger partial charge >= 0.3 is 0 Å². The van der Waals surface area contributed by atoms with Gasteiger partial charge in [-0.25, -0.2) is 0 Å². The molecule has 5 aromatic carbocycles. The molecule has 0 unspecified atom stereocenters. The Hall–Kier alpha value is -4.50. The maximum Gasteiger partial charge on any atom is 0.0620 e. The molecule has 0 radical (unpaired) electrons. The Balaban J connectivity index is 1.56. The molecule has 0 aliphatic rings. The summed E-state index contributed by atoms with van der Waals surface area (Å²) >= 11 is 0. The zero-order valence-electron chi connectivity index (χ0n) is 17.6. The van der Waals surface area contributed by atoms with Crippen molar-refractivity contribution in [3.63, 3.8) is 0 Å². The van der Waals surface area contributed by atoms with Crippen molar-refractivity contribution in [1.82, 2.24) is 14.4 Å². The highest BCUT2D eigenvalue weighted by Crippen LogP contribution is 2.42. The second-order valence-electron chi connectivity index (χ2n) is 9.21. The van der Waals surface area contributed by atoms with Gasteiger partial charge in [-0.1, -0.05) is 54.6 Å². The second kappa shape index (κ2) is 5.28. The predicted octanol–water partition coefficient (Wildman–Crippen LogP) is 8.11. The number of hydrogen-bond donors (Lipinski definition) is 2. The first-order chi connectivity index (χ1) is 16.3. The minimum atomic E-state index is 1.19. The van der Waals surface area contributed by atoms with Crippen molar-refractivity contribution in [3.8, 4) is 0 Å². The Bertz CT molecular complexity index is 2080. The molecule has 4 aromatic heterocycles. The first-order valence-electron chi connectivity index (χ1n) is 11.4. The van der Waals surface area contributed by atoms with Crippen LogP contribution in [0.5, 0.6) is 0 Å². The molecule has 4 heterocycles. The standard InChI is InChI=1S/C30H17N3/c1-3-10-24-16(6-1)20-14-28-22(12-26(20)31-24)18-8-5-9-19-23-13-27-21(15-29(23)33(28)30(18)19)17-7-2-4-11-25(17)32-27/h1-15,31-32H. The van der Waals surface area contributed by atoms with Crippen molar-refractivity contribution in [2.24, 2.45) is 0 Å². The van der Waals surface area contributed by atoms with Crippen LogP contribution in [0.15, 0.2) is 91.0 Å². The maximum atomic E-state index is 3.62. The van der Waals surface area contributed by atoms with E-state index in [1.54, 1.807) is 0 Å². The summed E-state index contributed by atoms with van der Waals surface area (Å²) in [6.45, 7) is 0. The van der Waals surface area contributed by atoms with E-state index in [0.29, 0.717) is 0 Å². The lowest BCUT2D eigenvalue weighted by molar-refractivity contribution is 1.38. The molecule has 0 aliphatic heterocycles. The fourth-order valence-electron chi connectivity index (χ4n) is 6.16. The number of aromatic nitrogens is 3. The van der Waals surface area contributed by atoms with E-state index in [1.807, 2.05) is 0 Å². The SMILES string of the molecule is c1ccc2c(c1)[nH]c1cc3c4cccc5c6cc7[nH]c8ccccc8c7cc6n(c3cc12)c45. The molecule has 0 saturated carbocycles. The quantitative estimate of drug-likeness (QED) is 0.249. The van der Waals surface area contributed by atoms with E-state index in [1.165, 1.54) is 81.7 Å². The van der Waals surface area contributed by atoms with Gasteiger partial charge in [0.15, 0.2) is 0 Å². The summed E-state index contributed by atoms with van der Waals surface area (Å²) in [6.07, 6.45) is 0. The van der Waals surface area contributed by atoms with Gasteiger partial charge in [0.1, 0.15) is 0 Å². The van der Waals surface area contributed by atoms with E-state index < -0.39 is 0 Å². The minimum Gasteiger partial charge on any atom is -0.354 e. The Morgan fingerprint density at radius 2 is 0.879 bits per heavy atom. The lowest BCUT2D eigenvalue weighted by atomic mass is 10.0. The molecule has 3 nitrogen and oxygen atoms in total. The Morgan fingerprint density at radius 3 is 1.42 bits per heavy atom. The highest BCUT2D eigenvalue weighted by atomic mass is 14.9. The van der Waals surface area contributed by atoms with Crippen molar-refractivity contribution in [2.75, 3.05) is 0 Å². The van der Waals surface area contributed by atoms with Crippen LogP contribution in [-0.2, 0) is 0 Å². The van der Waals surface area contributed by atoms with E-state index in [0.717, 1.165) is 0 Å². The second-order valence-corrected chi connectivity index (χ2v) is 9.21. The molecule has 0 saturated heterocycles.